The molecule has 4 aromatic rings. The minimum Gasteiger partial charge on any atom is -0.491 e. The number of hydrogen-bond donors (Lipinski definition) is 2. The van der Waals surface area contributed by atoms with Crippen LogP contribution in [-0.4, -0.2) is 34.8 Å². The van der Waals surface area contributed by atoms with Crippen LogP contribution >= 0.6 is 0 Å². The van der Waals surface area contributed by atoms with Gasteiger partial charge in [0.2, 0.25) is 5.88 Å². The number of ether oxygens (including phenoxy) is 3. The fourth-order valence-electron chi connectivity index (χ4n) is 4.53. The van der Waals surface area contributed by atoms with Crippen LogP contribution in [0.4, 0.5) is 4.79 Å². The van der Waals surface area contributed by atoms with Gasteiger partial charge in [0.1, 0.15) is 23.3 Å². The van der Waals surface area contributed by atoms with Gasteiger partial charge in [-0.1, -0.05) is 43.9 Å². The van der Waals surface area contributed by atoms with Crippen molar-refractivity contribution in [1.29, 1.82) is 0 Å². The van der Waals surface area contributed by atoms with Gasteiger partial charge in [0, 0.05) is 40.5 Å². The Morgan fingerprint density at radius 3 is 2.49 bits per heavy atom. The van der Waals surface area contributed by atoms with Crippen molar-refractivity contribution in [3.05, 3.63) is 72.3 Å². The molecule has 1 amide bonds. The van der Waals surface area contributed by atoms with Crippen molar-refractivity contribution in [3.63, 3.8) is 0 Å². The lowest BCUT2D eigenvalue weighted by molar-refractivity contribution is 0.210. The fraction of sp³-hybridized carbons (Fsp3) is 0.333. The zero-order valence-corrected chi connectivity index (χ0v) is 22.4. The maximum absolute atomic E-state index is 11.1. The van der Waals surface area contributed by atoms with Crippen LogP contribution in [0.2, 0.25) is 0 Å². The summed E-state index contributed by atoms with van der Waals surface area (Å²) in [5.41, 5.74) is 16.0. The average Bonchev–Trinajstić information content (AvgIpc) is 2.94. The maximum atomic E-state index is 11.1. The van der Waals surface area contributed by atoms with Crippen LogP contribution in [0.1, 0.15) is 55.8 Å². The summed E-state index contributed by atoms with van der Waals surface area (Å²) in [5.74, 6) is 1.74. The first-order valence-electron chi connectivity index (χ1n) is 13.2. The van der Waals surface area contributed by atoms with E-state index < -0.39 is 6.09 Å². The van der Waals surface area contributed by atoms with Gasteiger partial charge < -0.3 is 25.7 Å². The summed E-state index contributed by atoms with van der Waals surface area (Å²) < 4.78 is 16.5. The van der Waals surface area contributed by atoms with Crippen LogP contribution in [0.3, 0.4) is 0 Å². The number of nitrogens with zero attached hydrogens (tertiary/aromatic N) is 3. The minimum absolute atomic E-state index is 0.212. The smallest absolute Gasteiger partial charge is 0.409 e. The summed E-state index contributed by atoms with van der Waals surface area (Å²) in [4.78, 5) is 24.3. The van der Waals surface area contributed by atoms with E-state index in [9.17, 15) is 4.79 Å². The molecule has 0 spiro atoms. The Bertz CT molecular complexity index is 1390. The second kappa shape index (κ2) is 13.5. The number of aryl methyl sites for hydroxylation is 1. The number of para-hydroxylation sites is 1. The molecule has 9 nitrogen and oxygen atoms in total. The van der Waals surface area contributed by atoms with Gasteiger partial charge >= 0.3 is 6.09 Å². The summed E-state index contributed by atoms with van der Waals surface area (Å²) in [5, 5.41) is 0.958. The number of pyridine rings is 1. The number of unbranched alkanes of at least 4 members (excludes halogenated alkanes) is 4. The third-order valence-corrected chi connectivity index (χ3v) is 6.63. The number of fused-ring (bicyclic) bond motifs is 1. The monoisotopic (exact) mass is 529 g/mol. The van der Waals surface area contributed by atoms with E-state index in [1.807, 2.05) is 37.3 Å². The molecule has 2 aromatic carbocycles. The van der Waals surface area contributed by atoms with Crippen molar-refractivity contribution in [2.75, 3.05) is 13.7 Å². The molecule has 2 aromatic heterocycles. The number of rotatable bonds is 13. The molecule has 0 fully saturated rings. The van der Waals surface area contributed by atoms with E-state index >= 15 is 0 Å². The molecule has 4 rings (SSSR count). The Kier molecular flexibility index (Phi) is 9.64. The van der Waals surface area contributed by atoms with Gasteiger partial charge in [-0.3, -0.25) is 0 Å². The Balaban J connectivity index is 1.27. The number of aromatic nitrogens is 3. The van der Waals surface area contributed by atoms with Crippen LogP contribution in [-0.2, 0) is 0 Å². The van der Waals surface area contributed by atoms with Crippen LogP contribution in [0, 0.1) is 6.92 Å². The van der Waals surface area contributed by atoms with Gasteiger partial charge in [-0.05, 0) is 49.6 Å². The molecule has 1 atom stereocenters. The predicted octanol–water partition coefficient (Wildman–Crippen LogP) is 5.89. The first kappa shape index (κ1) is 27.8. The zero-order valence-electron chi connectivity index (χ0n) is 22.4. The molecule has 204 valence electrons. The van der Waals surface area contributed by atoms with Crippen LogP contribution in [0.15, 0.2) is 61.1 Å². The topological polar surface area (TPSA) is 135 Å². The molecule has 0 aliphatic heterocycles. The number of benzene rings is 2. The molecule has 0 aliphatic rings. The predicted molar refractivity (Wildman–Crippen MR) is 151 cm³/mol. The van der Waals surface area contributed by atoms with E-state index in [1.165, 1.54) is 0 Å². The normalized spacial score (nSPS) is 11.8. The van der Waals surface area contributed by atoms with Gasteiger partial charge in [0.05, 0.1) is 13.7 Å². The molecule has 0 bridgehead atoms. The first-order valence-corrected chi connectivity index (χ1v) is 13.2. The second-order valence-corrected chi connectivity index (χ2v) is 9.39. The second-order valence-electron chi connectivity index (χ2n) is 9.39. The highest BCUT2D eigenvalue weighted by Gasteiger charge is 2.14. The van der Waals surface area contributed by atoms with Crippen LogP contribution in [0.25, 0.3) is 22.0 Å². The number of methoxy groups -OCH3 is 1. The van der Waals surface area contributed by atoms with Crippen LogP contribution < -0.4 is 25.7 Å². The highest BCUT2D eigenvalue weighted by molar-refractivity contribution is 5.91. The van der Waals surface area contributed by atoms with Gasteiger partial charge in [-0.15, -0.1) is 0 Å². The summed E-state index contributed by atoms with van der Waals surface area (Å²) >= 11 is 0. The maximum Gasteiger partial charge on any atom is 0.409 e. The number of amides is 1. The Morgan fingerprint density at radius 2 is 1.72 bits per heavy atom. The lowest BCUT2D eigenvalue weighted by atomic mass is 10.00. The van der Waals surface area contributed by atoms with Crippen molar-refractivity contribution in [3.8, 4) is 28.5 Å². The molecule has 0 saturated carbocycles. The van der Waals surface area contributed by atoms with Crippen molar-refractivity contribution >= 4 is 17.0 Å². The number of hydrogen-bond acceptors (Lipinski definition) is 8. The van der Waals surface area contributed by atoms with E-state index in [0.29, 0.717) is 18.2 Å². The molecule has 9 heteroatoms. The SMILES string of the molecule is COc1ccc(-c2cc(OCCCCCCCC(N)c3ccccc3OC(N)=O)c3ncnc(C)c3c2)cn1. The minimum atomic E-state index is -0.836. The van der Waals surface area contributed by atoms with Crippen molar-refractivity contribution < 1.29 is 19.0 Å². The number of primary amides is 1. The molecule has 1 unspecified atom stereocenters. The average molecular weight is 530 g/mol. The lowest BCUT2D eigenvalue weighted by Gasteiger charge is -2.15. The van der Waals surface area contributed by atoms with Gasteiger partial charge in [-0.2, -0.15) is 0 Å². The highest BCUT2D eigenvalue weighted by atomic mass is 16.5. The molecule has 4 N–H and O–H groups in total. The Hall–Kier alpha value is -4.24. The van der Waals surface area contributed by atoms with Crippen molar-refractivity contribution in [2.24, 2.45) is 11.5 Å². The molecular weight excluding hydrogens is 494 g/mol. The van der Waals surface area contributed by atoms with E-state index in [2.05, 4.69) is 21.0 Å². The van der Waals surface area contributed by atoms with E-state index in [1.54, 1.807) is 31.8 Å². The van der Waals surface area contributed by atoms with E-state index in [-0.39, 0.29) is 6.04 Å². The van der Waals surface area contributed by atoms with Gasteiger partial charge in [0.15, 0.2) is 0 Å². The van der Waals surface area contributed by atoms with E-state index in [0.717, 1.165) is 77.6 Å². The summed E-state index contributed by atoms with van der Waals surface area (Å²) in [6.45, 7) is 2.57. The Labute approximate surface area is 228 Å². The summed E-state index contributed by atoms with van der Waals surface area (Å²) in [6, 6.07) is 14.9. The molecular formula is C30H35N5O4. The first-order chi connectivity index (χ1) is 19.0. The van der Waals surface area contributed by atoms with E-state index in [4.69, 9.17) is 25.7 Å². The third kappa shape index (κ3) is 7.42. The number of nitrogens with two attached hydrogens (primary N) is 2. The zero-order chi connectivity index (χ0) is 27.6. The highest BCUT2D eigenvalue weighted by Crippen LogP contribution is 2.33. The summed E-state index contributed by atoms with van der Waals surface area (Å²) in [7, 11) is 1.60. The summed E-state index contributed by atoms with van der Waals surface area (Å²) in [6.07, 6.45) is 8.42. The third-order valence-electron chi connectivity index (χ3n) is 6.63. The largest absolute Gasteiger partial charge is 0.491 e. The molecule has 0 aliphatic carbocycles. The molecule has 2 heterocycles. The molecule has 0 radical (unpaired) electrons. The standard InChI is InChI=1S/C30H35N5O4/c1-20-24-16-22(21-13-14-28(37-2)33-18-21)17-27(29(24)35-19-34-20)38-15-9-5-3-4-6-11-25(31)23-10-7-8-12-26(23)39-30(32)36/h7-8,10,12-14,16-19,25H,3-6,9,11,15,31H2,1-2H3,(H2,32,36). The number of carbonyl (C=O) groups excluding carboxylic acids is 1. The van der Waals surface area contributed by atoms with Crippen LogP contribution in [0.5, 0.6) is 17.4 Å². The van der Waals surface area contributed by atoms with Crippen molar-refractivity contribution in [1.82, 2.24) is 15.0 Å². The lowest BCUT2D eigenvalue weighted by Crippen LogP contribution is -2.19. The van der Waals surface area contributed by atoms with Crippen molar-refractivity contribution in [2.45, 2.75) is 51.5 Å². The van der Waals surface area contributed by atoms with Gasteiger partial charge in [0.25, 0.3) is 0 Å². The Morgan fingerprint density at radius 1 is 0.923 bits per heavy atom. The fourth-order valence-corrected chi connectivity index (χ4v) is 4.53. The van der Waals surface area contributed by atoms with Gasteiger partial charge in [-0.25, -0.2) is 19.7 Å². The quantitative estimate of drug-likeness (QED) is 0.205. The molecule has 39 heavy (non-hydrogen) atoms. The number of carbonyl (C=O) groups is 1. The molecule has 0 saturated heterocycles.